The first-order valence-corrected chi connectivity index (χ1v) is 8.92. The van der Waals surface area contributed by atoms with E-state index in [2.05, 4.69) is 15.1 Å². The lowest BCUT2D eigenvalue weighted by Gasteiger charge is -2.21. The highest BCUT2D eigenvalue weighted by Gasteiger charge is 2.28. The van der Waals surface area contributed by atoms with Gasteiger partial charge in [0, 0.05) is 6.61 Å². The largest absolute Gasteiger partial charge is 0.465 e. The molecule has 1 aliphatic heterocycles. The number of rotatable bonds is 4. The van der Waals surface area contributed by atoms with Crippen LogP contribution in [0, 0.1) is 17.5 Å². The summed E-state index contributed by atoms with van der Waals surface area (Å²) in [5.74, 6) is -4.27. The molecule has 0 spiro atoms. The van der Waals surface area contributed by atoms with Crippen LogP contribution in [-0.2, 0) is 4.74 Å². The Hall–Kier alpha value is -2.88. The van der Waals surface area contributed by atoms with Gasteiger partial charge in [-0.2, -0.15) is 14.6 Å². The standard InChI is InChI=1S/C18H17F3N4O3/c1-2-27-17-22-16-13(9-7-10(19)14(21)11(20)8-9)15(12-5-3-4-6-28-12)24-25(16)18(26)23-17/h7-8,12H,2-6H2,1H3,(H,22,23,26). The molecule has 10 heteroatoms. The van der Waals surface area contributed by atoms with Crippen molar-refractivity contribution < 1.29 is 22.6 Å². The third-order valence-electron chi connectivity index (χ3n) is 4.54. The minimum Gasteiger partial charge on any atom is -0.465 e. The molecule has 7 nitrogen and oxygen atoms in total. The van der Waals surface area contributed by atoms with Crippen LogP contribution in [-0.4, -0.2) is 32.8 Å². The van der Waals surface area contributed by atoms with Crippen LogP contribution in [0.3, 0.4) is 0 Å². The van der Waals surface area contributed by atoms with Gasteiger partial charge in [0.25, 0.3) is 6.01 Å². The lowest BCUT2D eigenvalue weighted by atomic mass is 9.98. The van der Waals surface area contributed by atoms with Crippen LogP contribution < -0.4 is 10.4 Å². The predicted molar refractivity (Wildman–Crippen MR) is 92.6 cm³/mol. The fourth-order valence-corrected chi connectivity index (χ4v) is 3.30. The van der Waals surface area contributed by atoms with Gasteiger partial charge in [0.05, 0.1) is 12.2 Å². The molecule has 0 saturated carbocycles. The summed E-state index contributed by atoms with van der Waals surface area (Å²) in [7, 11) is 0. The van der Waals surface area contributed by atoms with Gasteiger partial charge in [0.1, 0.15) is 11.8 Å². The zero-order valence-electron chi connectivity index (χ0n) is 15.0. The van der Waals surface area contributed by atoms with Gasteiger partial charge in [-0.15, -0.1) is 0 Å². The lowest BCUT2D eigenvalue weighted by molar-refractivity contribution is 0.0125. The molecule has 0 bridgehead atoms. The molecule has 28 heavy (non-hydrogen) atoms. The van der Waals surface area contributed by atoms with Gasteiger partial charge < -0.3 is 9.47 Å². The summed E-state index contributed by atoms with van der Waals surface area (Å²) in [6, 6.07) is 1.65. The van der Waals surface area contributed by atoms with Crippen LogP contribution in [0.1, 0.15) is 38.0 Å². The summed E-state index contributed by atoms with van der Waals surface area (Å²) in [4.78, 5) is 19.1. The summed E-state index contributed by atoms with van der Waals surface area (Å²) >= 11 is 0. The van der Waals surface area contributed by atoms with E-state index in [4.69, 9.17) is 9.47 Å². The van der Waals surface area contributed by atoms with Crippen molar-refractivity contribution in [2.45, 2.75) is 32.3 Å². The number of fused-ring (bicyclic) bond motifs is 1. The van der Waals surface area contributed by atoms with Crippen LogP contribution in [0.2, 0.25) is 0 Å². The number of nitrogens with one attached hydrogen (secondary N) is 1. The molecule has 0 aliphatic carbocycles. The molecule has 3 aromatic rings. The molecule has 1 N–H and O–H groups in total. The number of H-pyrrole nitrogens is 1. The SMILES string of the molecule is CCOc1nc2c(-c3cc(F)c(F)c(F)c3)c(C3CCCCO3)nn2c(=O)[nH]1. The first kappa shape index (κ1) is 18.5. The smallest absolute Gasteiger partial charge is 0.352 e. The van der Waals surface area contributed by atoms with Gasteiger partial charge in [-0.3, -0.25) is 4.98 Å². The second-order valence-corrected chi connectivity index (χ2v) is 6.38. The zero-order chi connectivity index (χ0) is 19.8. The van der Waals surface area contributed by atoms with Crippen LogP contribution >= 0.6 is 0 Å². The van der Waals surface area contributed by atoms with Gasteiger partial charge in [-0.25, -0.2) is 18.0 Å². The fourth-order valence-electron chi connectivity index (χ4n) is 3.30. The maximum atomic E-state index is 13.9. The van der Waals surface area contributed by atoms with Gasteiger partial charge in [0.2, 0.25) is 0 Å². The maximum Gasteiger partial charge on any atom is 0.352 e. The molecule has 4 rings (SSSR count). The van der Waals surface area contributed by atoms with Crippen molar-refractivity contribution >= 4 is 5.65 Å². The maximum absolute atomic E-state index is 13.9. The number of nitrogens with zero attached hydrogens (tertiary/aromatic N) is 3. The Labute approximate surface area is 157 Å². The second-order valence-electron chi connectivity index (χ2n) is 6.38. The lowest BCUT2D eigenvalue weighted by Crippen LogP contribution is -2.20. The molecule has 1 aromatic carbocycles. The minimum absolute atomic E-state index is 0.0103. The minimum atomic E-state index is -1.57. The summed E-state index contributed by atoms with van der Waals surface area (Å²) in [5, 5.41) is 4.29. The summed E-state index contributed by atoms with van der Waals surface area (Å²) in [5.41, 5.74) is -0.0498. The highest BCUT2D eigenvalue weighted by atomic mass is 19.2. The molecule has 0 radical (unpaired) electrons. The highest BCUT2D eigenvalue weighted by molar-refractivity contribution is 5.80. The number of hydrogen-bond acceptors (Lipinski definition) is 5. The van der Waals surface area contributed by atoms with E-state index in [1.807, 2.05) is 0 Å². The van der Waals surface area contributed by atoms with E-state index in [9.17, 15) is 18.0 Å². The Morgan fingerprint density at radius 1 is 1.29 bits per heavy atom. The summed E-state index contributed by atoms with van der Waals surface area (Å²) in [6.07, 6.45) is 1.90. The number of hydrogen-bond donors (Lipinski definition) is 1. The van der Waals surface area contributed by atoms with Crippen molar-refractivity contribution in [1.82, 2.24) is 19.6 Å². The van der Waals surface area contributed by atoms with Crippen molar-refractivity contribution in [2.75, 3.05) is 13.2 Å². The molecular weight excluding hydrogens is 377 g/mol. The molecule has 1 aliphatic rings. The second kappa shape index (κ2) is 7.27. The van der Waals surface area contributed by atoms with Gasteiger partial charge in [0.15, 0.2) is 23.1 Å². The van der Waals surface area contributed by atoms with Crippen molar-refractivity contribution in [2.24, 2.45) is 0 Å². The molecule has 148 valence electrons. The van der Waals surface area contributed by atoms with Gasteiger partial charge in [-0.05, 0) is 43.9 Å². The van der Waals surface area contributed by atoms with Crippen molar-refractivity contribution in [3.8, 4) is 17.1 Å². The van der Waals surface area contributed by atoms with E-state index >= 15 is 0 Å². The Balaban J connectivity index is 2.01. The first-order valence-electron chi connectivity index (χ1n) is 8.92. The monoisotopic (exact) mass is 394 g/mol. The first-order chi connectivity index (χ1) is 13.5. The molecule has 1 fully saturated rings. The summed E-state index contributed by atoms with van der Waals surface area (Å²) < 4.78 is 53.3. The topological polar surface area (TPSA) is 81.5 Å². The normalized spacial score (nSPS) is 17.2. The van der Waals surface area contributed by atoms with Crippen LogP contribution in [0.5, 0.6) is 6.01 Å². The molecule has 1 atom stereocenters. The van der Waals surface area contributed by atoms with Crippen molar-refractivity contribution in [1.29, 1.82) is 0 Å². The molecular formula is C18H17F3N4O3. The van der Waals surface area contributed by atoms with Crippen LogP contribution in [0.4, 0.5) is 13.2 Å². The van der Waals surface area contributed by atoms with E-state index < -0.39 is 29.2 Å². The Morgan fingerprint density at radius 2 is 2.04 bits per heavy atom. The highest BCUT2D eigenvalue weighted by Crippen LogP contribution is 2.37. The third-order valence-corrected chi connectivity index (χ3v) is 4.54. The Kier molecular flexibility index (Phi) is 4.80. The third kappa shape index (κ3) is 3.13. The average molecular weight is 394 g/mol. The van der Waals surface area contributed by atoms with E-state index in [0.717, 1.165) is 29.5 Å². The predicted octanol–water partition coefficient (Wildman–Crippen LogP) is 3.14. The summed E-state index contributed by atoms with van der Waals surface area (Å²) in [6.45, 7) is 2.46. The Bertz CT molecular complexity index is 1070. The number of aromatic amines is 1. The van der Waals surface area contributed by atoms with E-state index in [-0.39, 0.29) is 29.4 Å². The quantitative estimate of drug-likeness (QED) is 0.688. The molecule has 2 aromatic heterocycles. The molecule has 1 saturated heterocycles. The zero-order valence-corrected chi connectivity index (χ0v) is 15.0. The Morgan fingerprint density at radius 3 is 2.68 bits per heavy atom. The number of ether oxygens (including phenoxy) is 2. The number of halogens is 3. The average Bonchev–Trinajstić information content (AvgIpc) is 3.07. The van der Waals surface area contributed by atoms with E-state index in [1.165, 1.54) is 0 Å². The van der Waals surface area contributed by atoms with Crippen LogP contribution in [0.25, 0.3) is 16.8 Å². The number of aromatic nitrogens is 4. The van der Waals surface area contributed by atoms with Crippen molar-refractivity contribution in [3.63, 3.8) is 0 Å². The number of benzene rings is 1. The van der Waals surface area contributed by atoms with E-state index in [0.29, 0.717) is 18.7 Å². The molecule has 1 unspecified atom stereocenters. The molecule has 0 amide bonds. The van der Waals surface area contributed by atoms with E-state index in [1.54, 1.807) is 6.92 Å². The van der Waals surface area contributed by atoms with Gasteiger partial charge >= 0.3 is 5.69 Å². The fraction of sp³-hybridized carbons (Fsp3) is 0.389. The molecule has 3 heterocycles. The van der Waals surface area contributed by atoms with Crippen molar-refractivity contribution in [3.05, 3.63) is 45.8 Å². The van der Waals surface area contributed by atoms with Crippen LogP contribution in [0.15, 0.2) is 16.9 Å². The van der Waals surface area contributed by atoms with Gasteiger partial charge in [-0.1, -0.05) is 0 Å².